The number of carbonyl (C=O) groups is 1. The van der Waals surface area contributed by atoms with E-state index < -0.39 is 11.5 Å². The lowest BCUT2D eigenvalue weighted by atomic mass is 10.2. The van der Waals surface area contributed by atoms with Crippen LogP contribution in [0.3, 0.4) is 0 Å². The van der Waals surface area contributed by atoms with E-state index in [9.17, 15) is 9.59 Å². The predicted octanol–water partition coefficient (Wildman–Crippen LogP) is 1.94. The fourth-order valence-electron chi connectivity index (χ4n) is 1.80. The van der Waals surface area contributed by atoms with E-state index in [0.29, 0.717) is 10.8 Å². The maximum Gasteiger partial charge on any atom is 0.309 e. The molecule has 0 aliphatic rings. The summed E-state index contributed by atoms with van der Waals surface area (Å²) in [5, 5.41) is 9.33. The Bertz CT molecular complexity index is 727. The van der Waals surface area contributed by atoms with Crippen molar-refractivity contribution in [3.8, 4) is 5.75 Å². The van der Waals surface area contributed by atoms with Crippen molar-refractivity contribution in [1.82, 2.24) is 9.97 Å². The summed E-state index contributed by atoms with van der Waals surface area (Å²) in [6.07, 6.45) is -0.309. The van der Waals surface area contributed by atoms with Crippen LogP contribution < -0.4 is 10.3 Å². The summed E-state index contributed by atoms with van der Waals surface area (Å²) in [6.45, 7) is 1.88. The maximum absolute atomic E-state index is 11.5. The van der Waals surface area contributed by atoms with Crippen molar-refractivity contribution in [1.29, 1.82) is 0 Å². The van der Waals surface area contributed by atoms with Gasteiger partial charge in [0.05, 0.1) is 12.1 Å². The summed E-state index contributed by atoms with van der Waals surface area (Å²) in [7, 11) is 0. The monoisotopic (exact) mass is 308 g/mol. The van der Waals surface area contributed by atoms with Crippen LogP contribution in [0.4, 0.5) is 0 Å². The quantitative estimate of drug-likeness (QED) is 0.880. The Labute approximate surface area is 125 Å². The van der Waals surface area contributed by atoms with Gasteiger partial charge in [-0.05, 0) is 30.7 Å². The number of hydrogen-bond acceptors (Lipinski definition) is 4. The Morgan fingerprint density at radius 2 is 2.19 bits per heavy atom. The molecule has 0 unspecified atom stereocenters. The largest absolute Gasteiger partial charge is 0.485 e. The third-order valence-corrected chi connectivity index (χ3v) is 2.91. The van der Waals surface area contributed by atoms with Crippen molar-refractivity contribution in [3.05, 3.63) is 56.7 Å². The van der Waals surface area contributed by atoms with Gasteiger partial charge < -0.3 is 14.8 Å². The number of nitrogens with zero attached hydrogens (tertiary/aromatic N) is 1. The van der Waals surface area contributed by atoms with Gasteiger partial charge in [0.2, 0.25) is 0 Å². The van der Waals surface area contributed by atoms with Gasteiger partial charge in [-0.3, -0.25) is 9.59 Å². The highest BCUT2D eigenvalue weighted by atomic mass is 35.5. The van der Waals surface area contributed by atoms with Crippen LogP contribution >= 0.6 is 11.6 Å². The zero-order valence-electron chi connectivity index (χ0n) is 11.2. The van der Waals surface area contributed by atoms with E-state index in [1.165, 1.54) is 0 Å². The first-order chi connectivity index (χ1) is 9.94. The fourth-order valence-corrected chi connectivity index (χ4v) is 2.02. The minimum absolute atomic E-state index is 0.0329. The molecule has 1 aromatic heterocycles. The van der Waals surface area contributed by atoms with Crippen molar-refractivity contribution in [3.63, 3.8) is 0 Å². The first-order valence-corrected chi connectivity index (χ1v) is 6.51. The fraction of sp³-hybridized carbons (Fsp3) is 0.214. The number of aromatic amines is 1. The number of aromatic nitrogens is 2. The Morgan fingerprint density at radius 3 is 2.86 bits per heavy atom. The molecular formula is C14H13ClN2O4. The molecule has 2 N–H and O–H groups in total. The summed E-state index contributed by atoms with van der Waals surface area (Å²) in [6, 6.07) is 6.33. The highest BCUT2D eigenvalue weighted by Crippen LogP contribution is 2.22. The molecule has 110 valence electrons. The number of benzene rings is 1. The molecule has 0 bridgehead atoms. The number of carboxylic acids is 1. The number of aryl methyl sites for hydroxylation is 1. The van der Waals surface area contributed by atoms with Gasteiger partial charge in [0.15, 0.2) is 0 Å². The van der Waals surface area contributed by atoms with Crippen LogP contribution in [0.5, 0.6) is 5.75 Å². The second-order valence-electron chi connectivity index (χ2n) is 4.45. The topological polar surface area (TPSA) is 92.3 Å². The molecule has 0 aliphatic heterocycles. The Balaban J connectivity index is 2.14. The summed E-state index contributed by atoms with van der Waals surface area (Å²) < 4.78 is 5.55. The van der Waals surface area contributed by atoms with Crippen molar-refractivity contribution >= 4 is 17.6 Å². The highest BCUT2D eigenvalue weighted by Gasteiger charge is 2.07. The molecule has 21 heavy (non-hydrogen) atoms. The van der Waals surface area contributed by atoms with Gasteiger partial charge in [0.25, 0.3) is 5.56 Å². The zero-order chi connectivity index (χ0) is 15.4. The predicted molar refractivity (Wildman–Crippen MR) is 76.7 cm³/mol. The second-order valence-corrected chi connectivity index (χ2v) is 4.89. The van der Waals surface area contributed by atoms with Crippen LogP contribution in [0.2, 0.25) is 5.02 Å². The van der Waals surface area contributed by atoms with Gasteiger partial charge in [0.1, 0.15) is 18.2 Å². The number of halogens is 1. The van der Waals surface area contributed by atoms with E-state index in [4.69, 9.17) is 21.4 Å². The van der Waals surface area contributed by atoms with Crippen LogP contribution in [0.15, 0.2) is 29.1 Å². The molecule has 2 aromatic rings. The highest BCUT2D eigenvalue weighted by molar-refractivity contribution is 6.30. The third-order valence-electron chi connectivity index (χ3n) is 2.68. The summed E-state index contributed by atoms with van der Waals surface area (Å²) in [4.78, 5) is 28.7. The Kier molecular flexibility index (Phi) is 4.59. The zero-order valence-corrected chi connectivity index (χ0v) is 12.0. The molecule has 0 saturated heterocycles. The molecule has 0 aliphatic carbocycles. The number of carboxylic acid groups (broad SMARTS) is 1. The van der Waals surface area contributed by atoms with E-state index >= 15 is 0 Å². The molecule has 0 radical (unpaired) electrons. The van der Waals surface area contributed by atoms with Crippen molar-refractivity contribution < 1.29 is 14.6 Å². The number of aliphatic carboxylic acids is 1. The third kappa shape index (κ3) is 4.32. The van der Waals surface area contributed by atoms with Crippen molar-refractivity contribution in [2.75, 3.05) is 0 Å². The number of H-pyrrole nitrogens is 1. The van der Waals surface area contributed by atoms with E-state index in [0.717, 1.165) is 11.6 Å². The van der Waals surface area contributed by atoms with Crippen LogP contribution in [0.1, 0.15) is 17.1 Å². The molecule has 2 rings (SSSR count). The average molecular weight is 309 g/mol. The average Bonchev–Trinajstić information content (AvgIpc) is 2.36. The van der Waals surface area contributed by atoms with Crippen LogP contribution in [0.25, 0.3) is 0 Å². The van der Waals surface area contributed by atoms with Gasteiger partial charge >= 0.3 is 5.97 Å². The van der Waals surface area contributed by atoms with E-state index in [1.54, 1.807) is 18.2 Å². The Morgan fingerprint density at radius 1 is 1.43 bits per heavy atom. The summed E-state index contributed by atoms with van der Waals surface area (Å²) in [5.41, 5.74) is 0.636. The molecule has 7 heteroatoms. The van der Waals surface area contributed by atoms with Crippen LogP contribution in [-0.2, 0) is 17.8 Å². The van der Waals surface area contributed by atoms with E-state index in [-0.39, 0.29) is 24.5 Å². The lowest BCUT2D eigenvalue weighted by molar-refractivity contribution is -0.136. The van der Waals surface area contributed by atoms with Crippen molar-refractivity contribution in [2.24, 2.45) is 0 Å². The summed E-state index contributed by atoms with van der Waals surface area (Å²) >= 11 is 5.85. The molecule has 1 heterocycles. The molecule has 0 spiro atoms. The van der Waals surface area contributed by atoms with Crippen molar-refractivity contribution in [2.45, 2.75) is 20.0 Å². The SMILES string of the molecule is Cc1cc(Cl)ccc1OCc1nc(CC(=O)O)cc(=O)[nH]1. The van der Waals surface area contributed by atoms with Gasteiger partial charge in [-0.1, -0.05) is 11.6 Å². The summed E-state index contributed by atoms with van der Waals surface area (Å²) in [5.74, 6) is -0.160. The van der Waals surface area contributed by atoms with E-state index in [2.05, 4.69) is 9.97 Å². The molecule has 1 aromatic carbocycles. The number of hydrogen-bond donors (Lipinski definition) is 2. The van der Waals surface area contributed by atoms with Gasteiger partial charge in [-0.25, -0.2) is 4.98 Å². The van der Waals surface area contributed by atoms with E-state index in [1.807, 2.05) is 6.92 Å². The lowest BCUT2D eigenvalue weighted by Gasteiger charge is -2.09. The standard InChI is InChI=1S/C14H13ClN2O4/c1-8-4-9(15)2-3-11(8)21-7-12-16-10(6-14(19)20)5-13(18)17-12/h2-5H,6-7H2,1H3,(H,19,20)(H,16,17,18). The minimum atomic E-state index is -1.05. The molecule has 0 fully saturated rings. The van der Waals surface area contributed by atoms with Gasteiger partial charge in [-0.2, -0.15) is 0 Å². The first kappa shape index (κ1) is 15.1. The maximum atomic E-state index is 11.5. The molecule has 0 atom stereocenters. The van der Waals surface area contributed by atoms with Crippen LogP contribution in [-0.4, -0.2) is 21.0 Å². The normalized spacial score (nSPS) is 10.4. The Hall–Kier alpha value is -2.34. The number of ether oxygens (including phenoxy) is 1. The number of nitrogens with one attached hydrogen (secondary N) is 1. The van der Waals surface area contributed by atoms with Gasteiger partial charge in [-0.15, -0.1) is 0 Å². The lowest BCUT2D eigenvalue weighted by Crippen LogP contribution is -2.16. The molecular weight excluding hydrogens is 296 g/mol. The first-order valence-electron chi connectivity index (χ1n) is 6.14. The molecule has 0 amide bonds. The smallest absolute Gasteiger partial charge is 0.309 e. The van der Waals surface area contributed by atoms with Crippen LogP contribution in [0, 0.1) is 6.92 Å². The minimum Gasteiger partial charge on any atom is -0.485 e. The number of rotatable bonds is 5. The second kappa shape index (κ2) is 6.41. The van der Waals surface area contributed by atoms with Gasteiger partial charge in [0, 0.05) is 11.1 Å². The molecule has 0 saturated carbocycles. The molecule has 6 nitrogen and oxygen atoms in total.